The molecule has 1 aromatic rings. The van der Waals surface area contributed by atoms with Gasteiger partial charge < -0.3 is 5.73 Å². The molecule has 0 aromatic heterocycles. The van der Waals surface area contributed by atoms with Crippen LogP contribution < -0.4 is 5.73 Å². The van der Waals surface area contributed by atoms with Crippen molar-refractivity contribution in [1.82, 2.24) is 0 Å². The van der Waals surface area contributed by atoms with E-state index in [2.05, 4.69) is 28.6 Å². The van der Waals surface area contributed by atoms with E-state index in [1.807, 2.05) is 30.0 Å². The lowest BCUT2D eigenvalue weighted by atomic mass is 10.2. The molecule has 2 N–H and O–H groups in total. The number of nitrogens with two attached hydrogens (primary N) is 1. The molecular formula is C13H18BrNS. The fourth-order valence-electron chi connectivity index (χ4n) is 1.38. The van der Waals surface area contributed by atoms with Crippen molar-refractivity contribution in [3.63, 3.8) is 0 Å². The number of thioether (sulfide) groups is 1. The number of anilines is 1. The first-order valence-electron chi connectivity index (χ1n) is 5.52. The summed E-state index contributed by atoms with van der Waals surface area (Å²) in [4.78, 5) is 1.28. The maximum absolute atomic E-state index is 5.69. The zero-order valence-electron chi connectivity index (χ0n) is 9.42. The molecular weight excluding hydrogens is 282 g/mol. The van der Waals surface area contributed by atoms with E-state index >= 15 is 0 Å². The van der Waals surface area contributed by atoms with Crippen molar-refractivity contribution >= 4 is 33.4 Å². The second-order valence-corrected chi connectivity index (χ2v) is 5.67. The van der Waals surface area contributed by atoms with E-state index in [0.29, 0.717) is 0 Å². The predicted molar refractivity (Wildman–Crippen MR) is 77.9 cm³/mol. The van der Waals surface area contributed by atoms with Gasteiger partial charge in [-0.1, -0.05) is 12.5 Å². The Kier molecular flexibility index (Phi) is 6.65. The molecule has 16 heavy (non-hydrogen) atoms. The third-order valence-corrected chi connectivity index (χ3v) is 4.34. The Labute approximate surface area is 111 Å². The van der Waals surface area contributed by atoms with Gasteiger partial charge in [0, 0.05) is 15.1 Å². The summed E-state index contributed by atoms with van der Waals surface area (Å²) in [6.07, 6.45) is 6.92. The SMILES string of the molecule is C=CCCCCCSc1ccc(N)cc1Br. The molecule has 1 aromatic carbocycles. The second kappa shape index (κ2) is 7.80. The molecule has 3 heteroatoms. The van der Waals surface area contributed by atoms with Gasteiger partial charge in [-0.15, -0.1) is 18.3 Å². The summed E-state index contributed by atoms with van der Waals surface area (Å²) in [6, 6.07) is 5.98. The lowest BCUT2D eigenvalue weighted by Crippen LogP contribution is -1.86. The van der Waals surface area contributed by atoms with E-state index in [-0.39, 0.29) is 0 Å². The summed E-state index contributed by atoms with van der Waals surface area (Å²) in [5.41, 5.74) is 6.50. The van der Waals surface area contributed by atoms with Crippen LogP contribution in [0.3, 0.4) is 0 Å². The lowest BCUT2D eigenvalue weighted by molar-refractivity contribution is 0.735. The number of halogens is 1. The van der Waals surface area contributed by atoms with Gasteiger partial charge in [-0.2, -0.15) is 0 Å². The van der Waals surface area contributed by atoms with Crippen molar-refractivity contribution in [3.8, 4) is 0 Å². The highest BCUT2D eigenvalue weighted by molar-refractivity contribution is 9.10. The van der Waals surface area contributed by atoms with Crippen molar-refractivity contribution in [3.05, 3.63) is 35.3 Å². The molecule has 0 saturated carbocycles. The van der Waals surface area contributed by atoms with Crippen LogP contribution in [0, 0.1) is 0 Å². The van der Waals surface area contributed by atoms with Gasteiger partial charge in [0.25, 0.3) is 0 Å². The number of rotatable bonds is 7. The molecule has 0 heterocycles. The van der Waals surface area contributed by atoms with Gasteiger partial charge in [0.15, 0.2) is 0 Å². The number of benzene rings is 1. The van der Waals surface area contributed by atoms with Crippen LogP contribution in [0.1, 0.15) is 25.7 Å². The lowest BCUT2D eigenvalue weighted by Gasteiger charge is -2.05. The molecule has 0 atom stereocenters. The highest BCUT2D eigenvalue weighted by Crippen LogP contribution is 2.29. The molecule has 1 rings (SSSR count). The average molecular weight is 300 g/mol. The number of unbranched alkanes of at least 4 members (excludes halogenated alkanes) is 3. The van der Waals surface area contributed by atoms with E-state index in [9.17, 15) is 0 Å². The molecule has 0 radical (unpaired) electrons. The largest absolute Gasteiger partial charge is 0.399 e. The first-order valence-corrected chi connectivity index (χ1v) is 7.30. The maximum atomic E-state index is 5.69. The molecule has 0 aliphatic heterocycles. The molecule has 0 aliphatic carbocycles. The van der Waals surface area contributed by atoms with Crippen LogP contribution in [0.15, 0.2) is 40.2 Å². The Hall–Kier alpha value is -0.410. The Balaban J connectivity index is 2.24. The van der Waals surface area contributed by atoms with Gasteiger partial charge in [0.1, 0.15) is 0 Å². The Morgan fingerprint density at radius 1 is 1.31 bits per heavy atom. The summed E-state index contributed by atoms with van der Waals surface area (Å²) in [5.74, 6) is 1.17. The Morgan fingerprint density at radius 2 is 2.12 bits per heavy atom. The van der Waals surface area contributed by atoms with Crippen molar-refractivity contribution in [2.24, 2.45) is 0 Å². The smallest absolute Gasteiger partial charge is 0.0331 e. The fourth-order valence-corrected chi connectivity index (χ4v) is 3.05. The van der Waals surface area contributed by atoms with Crippen LogP contribution in [0.5, 0.6) is 0 Å². The predicted octanol–water partition coefficient (Wildman–Crippen LogP) is 4.87. The molecule has 0 saturated heterocycles. The van der Waals surface area contributed by atoms with Gasteiger partial charge in [-0.25, -0.2) is 0 Å². The van der Waals surface area contributed by atoms with Crippen molar-refractivity contribution in [1.29, 1.82) is 0 Å². The van der Waals surface area contributed by atoms with Crippen LogP contribution >= 0.6 is 27.7 Å². The molecule has 88 valence electrons. The molecule has 0 fully saturated rings. The third kappa shape index (κ3) is 5.08. The molecule has 0 bridgehead atoms. The molecule has 1 nitrogen and oxygen atoms in total. The van der Waals surface area contributed by atoms with Crippen LogP contribution in [0.25, 0.3) is 0 Å². The number of hydrogen-bond donors (Lipinski definition) is 1. The third-order valence-electron chi connectivity index (χ3n) is 2.27. The van der Waals surface area contributed by atoms with E-state index in [1.165, 1.54) is 29.9 Å². The first-order chi connectivity index (χ1) is 7.74. The Morgan fingerprint density at radius 3 is 2.81 bits per heavy atom. The van der Waals surface area contributed by atoms with E-state index in [0.717, 1.165) is 16.6 Å². The van der Waals surface area contributed by atoms with Crippen molar-refractivity contribution < 1.29 is 0 Å². The summed E-state index contributed by atoms with van der Waals surface area (Å²) in [5, 5.41) is 0. The molecule has 0 spiro atoms. The van der Waals surface area contributed by atoms with Gasteiger partial charge in [0.05, 0.1) is 0 Å². The van der Waals surface area contributed by atoms with Crippen molar-refractivity contribution in [2.75, 3.05) is 11.5 Å². The summed E-state index contributed by atoms with van der Waals surface area (Å²) in [6.45, 7) is 3.72. The summed E-state index contributed by atoms with van der Waals surface area (Å²) in [7, 11) is 0. The van der Waals surface area contributed by atoms with Gasteiger partial charge >= 0.3 is 0 Å². The van der Waals surface area contributed by atoms with Gasteiger partial charge in [0.2, 0.25) is 0 Å². The van der Waals surface area contributed by atoms with Gasteiger partial charge in [-0.05, 0) is 59.1 Å². The van der Waals surface area contributed by atoms with Crippen LogP contribution in [0.2, 0.25) is 0 Å². The number of hydrogen-bond acceptors (Lipinski definition) is 2. The zero-order chi connectivity index (χ0) is 11.8. The van der Waals surface area contributed by atoms with Crippen LogP contribution in [-0.2, 0) is 0 Å². The monoisotopic (exact) mass is 299 g/mol. The Bertz CT molecular complexity index is 339. The van der Waals surface area contributed by atoms with E-state index in [4.69, 9.17) is 5.73 Å². The fraction of sp³-hybridized carbons (Fsp3) is 0.385. The van der Waals surface area contributed by atoms with Crippen LogP contribution in [0.4, 0.5) is 5.69 Å². The normalized spacial score (nSPS) is 10.3. The molecule has 0 unspecified atom stereocenters. The van der Waals surface area contributed by atoms with E-state index in [1.54, 1.807) is 0 Å². The highest BCUT2D eigenvalue weighted by atomic mass is 79.9. The average Bonchev–Trinajstić information content (AvgIpc) is 2.26. The minimum absolute atomic E-state index is 0.808. The minimum Gasteiger partial charge on any atom is -0.399 e. The van der Waals surface area contributed by atoms with Crippen LogP contribution in [-0.4, -0.2) is 5.75 Å². The number of allylic oxidation sites excluding steroid dienone is 1. The molecule has 0 aliphatic rings. The topological polar surface area (TPSA) is 26.0 Å². The maximum Gasteiger partial charge on any atom is 0.0331 e. The first kappa shape index (κ1) is 13.7. The summed E-state index contributed by atoms with van der Waals surface area (Å²) >= 11 is 5.41. The van der Waals surface area contributed by atoms with Gasteiger partial charge in [-0.3, -0.25) is 0 Å². The minimum atomic E-state index is 0.808. The quantitative estimate of drug-likeness (QED) is 0.336. The van der Waals surface area contributed by atoms with E-state index < -0.39 is 0 Å². The molecule has 0 amide bonds. The highest BCUT2D eigenvalue weighted by Gasteiger charge is 2.00. The number of nitrogen functional groups attached to an aromatic ring is 1. The second-order valence-electron chi connectivity index (χ2n) is 3.68. The zero-order valence-corrected chi connectivity index (χ0v) is 11.8. The van der Waals surface area contributed by atoms with Crippen molar-refractivity contribution in [2.45, 2.75) is 30.6 Å². The summed E-state index contributed by atoms with van der Waals surface area (Å²) < 4.78 is 1.10. The standard InChI is InChI=1S/C13H18BrNS/c1-2-3-4-5-6-9-16-13-8-7-11(15)10-12(13)14/h2,7-8,10H,1,3-6,9,15H2.